The van der Waals surface area contributed by atoms with Crippen LogP contribution in [-0.2, 0) is 24.4 Å². The summed E-state index contributed by atoms with van der Waals surface area (Å²) in [6.45, 7) is 4.44. The zero-order valence-electron chi connectivity index (χ0n) is 28.1. The largest absolute Gasteiger partial charge is 0.490 e. The molecule has 7 nitrogen and oxygen atoms in total. The summed E-state index contributed by atoms with van der Waals surface area (Å²) in [7, 11) is 0. The molecule has 2 amide bonds. The predicted octanol–water partition coefficient (Wildman–Crippen LogP) is 8.72. The molecule has 1 saturated heterocycles. The van der Waals surface area contributed by atoms with Crippen molar-refractivity contribution in [1.82, 2.24) is 15.1 Å². The van der Waals surface area contributed by atoms with Gasteiger partial charge in [0.2, 0.25) is 0 Å². The van der Waals surface area contributed by atoms with Gasteiger partial charge in [-0.05, 0) is 71.7 Å². The van der Waals surface area contributed by atoms with E-state index < -0.39 is 12.1 Å². The average molecular weight is 687 g/mol. The maximum Gasteiger partial charge on any atom is 0.490 e. The Bertz CT molecular complexity index is 1640. The molecule has 0 spiro atoms. The molecule has 10 heteroatoms. The van der Waals surface area contributed by atoms with Crippen LogP contribution in [0.1, 0.15) is 55.2 Å². The molecule has 2 fully saturated rings. The summed E-state index contributed by atoms with van der Waals surface area (Å²) in [5.74, 6) is -2.76. The van der Waals surface area contributed by atoms with Crippen molar-refractivity contribution in [2.75, 3.05) is 18.4 Å². The van der Waals surface area contributed by atoms with Gasteiger partial charge in [-0.2, -0.15) is 13.2 Å². The molecule has 1 heterocycles. The van der Waals surface area contributed by atoms with Crippen molar-refractivity contribution >= 4 is 17.7 Å². The third-order valence-electron chi connectivity index (χ3n) is 9.29. The highest BCUT2D eigenvalue weighted by Gasteiger charge is 2.38. The van der Waals surface area contributed by atoms with Crippen molar-refractivity contribution in [2.24, 2.45) is 0 Å². The molecule has 4 aromatic carbocycles. The van der Waals surface area contributed by atoms with Crippen LogP contribution >= 0.6 is 0 Å². The zero-order valence-corrected chi connectivity index (χ0v) is 28.1. The van der Waals surface area contributed by atoms with E-state index in [-0.39, 0.29) is 12.1 Å². The van der Waals surface area contributed by atoms with Gasteiger partial charge in [-0.3, -0.25) is 4.90 Å². The summed E-state index contributed by atoms with van der Waals surface area (Å²) in [5, 5.41) is 14.0. The number of hydrogen-bond acceptors (Lipinski definition) is 4. The van der Waals surface area contributed by atoms with Crippen molar-refractivity contribution in [3.05, 3.63) is 126 Å². The smallest absolute Gasteiger partial charge is 0.475 e. The first-order valence-electron chi connectivity index (χ1n) is 17.2. The second-order valence-electron chi connectivity index (χ2n) is 13.0. The van der Waals surface area contributed by atoms with Crippen LogP contribution < -0.4 is 10.6 Å². The number of amides is 2. The van der Waals surface area contributed by atoms with Gasteiger partial charge in [0.15, 0.2) is 0 Å². The lowest BCUT2D eigenvalue weighted by molar-refractivity contribution is -0.192. The van der Waals surface area contributed by atoms with Crippen molar-refractivity contribution < 1.29 is 27.9 Å². The number of halogens is 3. The van der Waals surface area contributed by atoms with Crippen LogP contribution in [0.5, 0.6) is 0 Å². The minimum Gasteiger partial charge on any atom is -0.475 e. The van der Waals surface area contributed by atoms with Gasteiger partial charge < -0.3 is 20.6 Å². The number of alkyl halides is 3. The Kier molecular flexibility index (Phi) is 13.1. The first kappa shape index (κ1) is 36.6. The molecule has 0 radical (unpaired) electrons. The third kappa shape index (κ3) is 11.2. The maximum atomic E-state index is 13.7. The number of hydrogen-bond donors (Lipinski definition) is 3. The number of rotatable bonds is 10. The second-order valence-corrected chi connectivity index (χ2v) is 13.0. The van der Waals surface area contributed by atoms with E-state index in [4.69, 9.17) is 9.90 Å². The van der Waals surface area contributed by atoms with Crippen LogP contribution in [0.25, 0.3) is 11.1 Å². The lowest BCUT2D eigenvalue weighted by atomic mass is 9.99. The van der Waals surface area contributed by atoms with Gasteiger partial charge >= 0.3 is 18.2 Å². The number of aliphatic carboxylic acids is 1. The summed E-state index contributed by atoms with van der Waals surface area (Å²) in [6.07, 6.45) is 2.16. The van der Waals surface area contributed by atoms with Crippen molar-refractivity contribution in [2.45, 2.75) is 76.4 Å². The molecule has 50 heavy (non-hydrogen) atoms. The molecular weight excluding hydrogens is 641 g/mol. The number of carboxylic acids is 1. The fourth-order valence-corrected chi connectivity index (χ4v) is 6.57. The molecule has 3 N–H and O–H groups in total. The Labute approximate surface area is 292 Å². The molecule has 0 aromatic heterocycles. The normalized spacial score (nSPS) is 15.6. The van der Waals surface area contributed by atoms with Crippen molar-refractivity contribution in [3.63, 3.8) is 0 Å². The first-order chi connectivity index (χ1) is 24.1. The fraction of sp³-hybridized carbons (Fsp3) is 0.350. The van der Waals surface area contributed by atoms with Gasteiger partial charge in [-0.25, -0.2) is 9.59 Å². The molecule has 6 rings (SSSR count). The average Bonchev–Trinajstić information content (AvgIpc) is 3.65. The van der Waals surface area contributed by atoms with Crippen LogP contribution in [0.4, 0.5) is 23.7 Å². The van der Waals surface area contributed by atoms with E-state index in [0.29, 0.717) is 12.6 Å². The van der Waals surface area contributed by atoms with E-state index in [1.807, 2.05) is 30.3 Å². The topological polar surface area (TPSA) is 84.9 Å². The number of benzene rings is 4. The number of nitrogens with one attached hydrogen (secondary N) is 2. The Hall–Kier alpha value is -4.67. The molecule has 1 saturated carbocycles. The first-order valence-corrected chi connectivity index (χ1v) is 17.2. The highest BCUT2D eigenvalue weighted by Crippen LogP contribution is 2.26. The number of likely N-dealkylation sites (tertiary alicyclic amines) is 1. The number of urea groups is 1. The number of anilines is 1. The summed E-state index contributed by atoms with van der Waals surface area (Å²) in [6, 6.07) is 38.9. The van der Waals surface area contributed by atoms with Crippen LogP contribution in [0, 0.1) is 0 Å². The summed E-state index contributed by atoms with van der Waals surface area (Å²) >= 11 is 0. The zero-order chi connectivity index (χ0) is 35.3. The summed E-state index contributed by atoms with van der Waals surface area (Å²) < 4.78 is 31.7. The number of carboxylic acid groups (broad SMARTS) is 1. The lowest BCUT2D eigenvalue weighted by Crippen LogP contribution is -2.48. The van der Waals surface area contributed by atoms with Gasteiger partial charge in [-0.1, -0.05) is 104 Å². The monoisotopic (exact) mass is 686 g/mol. The Morgan fingerprint density at radius 3 is 1.96 bits per heavy atom. The number of carbonyl (C=O) groups excluding carboxylic acids is 1. The standard InChI is InChI=1S/C38H44N4O.C2HF3O2/c43-38(40-36-16-5-2-6-17-36)42(37-22-24-41(25-23-37)28-31-10-3-1-4-11-31)29-32-12-9-13-34(26-32)33-20-18-30(19-21-33)27-39-35-14-7-8-15-35;3-2(4,5)1(6)7/h1-6,9-13,16-21,26,35,37,39H,7-8,14-15,22-25,27-29H2,(H,40,43);(H,6,7). The van der Waals surface area contributed by atoms with Crippen LogP contribution in [0.15, 0.2) is 109 Å². The van der Waals surface area contributed by atoms with Gasteiger partial charge in [0.05, 0.1) is 0 Å². The second kappa shape index (κ2) is 17.8. The highest BCUT2D eigenvalue weighted by atomic mass is 19.4. The number of carbonyl (C=O) groups is 2. The van der Waals surface area contributed by atoms with Gasteiger partial charge in [0, 0.05) is 50.5 Å². The number of para-hydroxylation sites is 1. The van der Waals surface area contributed by atoms with Crippen LogP contribution in [0.2, 0.25) is 0 Å². The SMILES string of the molecule is O=C(Nc1ccccc1)N(Cc1cccc(-c2ccc(CNC3CCCC3)cc2)c1)C1CCN(Cc2ccccc2)CC1.O=C(O)C(F)(F)F. The van der Waals surface area contributed by atoms with Crippen LogP contribution in [-0.4, -0.2) is 58.3 Å². The van der Waals surface area contributed by atoms with Crippen LogP contribution in [0.3, 0.4) is 0 Å². The van der Waals surface area contributed by atoms with Crippen molar-refractivity contribution in [1.29, 1.82) is 0 Å². The molecule has 1 aliphatic heterocycles. The van der Waals surface area contributed by atoms with Gasteiger partial charge in [0.1, 0.15) is 0 Å². The van der Waals surface area contributed by atoms with Gasteiger partial charge in [-0.15, -0.1) is 0 Å². The minimum absolute atomic E-state index is 0.0303. The molecule has 0 unspecified atom stereocenters. The van der Waals surface area contributed by atoms with E-state index in [2.05, 4.69) is 99.3 Å². The molecule has 4 aromatic rings. The Morgan fingerprint density at radius 2 is 1.34 bits per heavy atom. The molecule has 0 bridgehead atoms. The summed E-state index contributed by atoms with van der Waals surface area (Å²) in [4.78, 5) is 27.2. The van der Waals surface area contributed by atoms with Crippen molar-refractivity contribution in [3.8, 4) is 11.1 Å². The number of piperidine rings is 1. The van der Waals surface area contributed by atoms with Gasteiger partial charge in [0.25, 0.3) is 0 Å². The minimum atomic E-state index is -5.08. The van der Waals surface area contributed by atoms with E-state index in [0.717, 1.165) is 50.3 Å². The number of nitrogens with zero attached hydrogens (tertiary/aromatic N) is 2. The maximum absolute atomic E-state index is 13.7. The molecule has 1 aliphatic carbocycles. The molecule has 0 atom stereocenters. The lowest BCUT2D eigenvalue weighted by Gasteiger charge is -2.38. The van der Waals surface area contributed by atoms with E-state index >= 15 is 0 Å². The molecule has 264 valence electrons. The Balaban J connectivity index is 0.000000630. The Morgan fingerprint density at radius 1 is 0.740 bits per heavy atom. The fourth-order valence-electron chi connectivity index (χ4n) is 6.57. The van der Waals surface area contributed by atoms with E-state index in [9.17, 15) is 18.0 Å². The highest BCUT2D eigenvalue weighted by molar-refractivity contribution is 5.89. The quantitative estimate of drug-likeness (QED) is 0.155. The molecule has 2 aliphatic rings. The van der Waals surface area contributed by atoms with E-state index in [1.165, 1.54) is 47.9 Å². The third-order valence-corrected chi connectivity index (χ3v) is 9.29. The summed E-state index contributed by atoms with van der Waals surface area (Å²) in [5.41, 5.74) is 7.05. The molecular formula is C40H45F3N4O3. The van der Waals surface area contributed by atoms with E-state index in [1.54, 1.807) is 0 Å². The predicted molar refractivity (Wildman–Crippen MR) is 190 cm³/mol.